The van der Waals surface area contributed by atoms with Gasteiger partial charge in [0.1, 0.15) is 6.10 Å². The molecule has 2 bridgehead atoms. The summed E-state index contributed by atoms with van der Waals surface area (Å²) in [5.41, 5.74) is 0. The van der Waals surface area contributed by atoms with Crippen molar-refractivity contribution < 1.29 is 9.84 Å². The minimum Gasteiger partial charge on any atom is -0.390 e. The Kier molecular flexibility index (Phi) is 1.18. The third-order valence-electron chi connectivity index (χ3n) is 1.79. The first-order chi connectivity index (χ1) is 4.27. The predicted octanol–water partition coefficient (Wildman–Crippen LogP) is 0.797. The van der Waals surface area contributed by atoms with Crippen molar-refractivity contribution in [1.82, 2.24) is 0 Å². The van der Waals surface area contributed by atoms with Crippen LogP contribution in [0.1, 0.15) is 6.42 Å². The van der Waals surface area contributed by atoms with E-state index in [0.29, 0.717) is 0 Å². The molecule has 2 aliphatic rings. The molecule has 0 radical (unpaired) electrons. The number of aliphatic hydroxyl groups excluding tert-OH is 1. The second-order valence-corrected chi connectivity index (χ2v) is 3.36. The Labute approximate surface area is 61.6 Å². The van der Waals surface area contributed by atoms with Gasteiger partial charge in [-0.05, 0) is 6.08 Å². The van der Waals surface area contributed by atoms with Gasteiger partial charge < -0.3 is 9.84 Å². The van der Waals surface area contributed by atoms with Crippen LogP contribution in [-0.4, -0.2) is 23.4 Å². The lowest BCUT2D eigenvalue weighted by molar-refractivity contribution is 0.0696. The molecule has 3 unspecified atom stereocenters. The van der Waals surface area contributed by atoms with Crippen molar-refractivity contribution in [1.29, 1.82) is 0 Å². The molecule has 0 aromatic carbocycles. The van der Waals surface area contributed by atoms with Crippen LogP contribution in [0.5, 0.6) is 0 Å². The minimum absolute atomic E-state index is 0.0376. The Balaban J connectivity index is 2.25. The standard InChI is InChI=1S/C6H7BrO2/c7-3-1-6-4(8)2-5(3)9-6/h1,4-6,8H,2H2. The molecule has 2 nitrogen and oxygen atoms in total. The molecule has 0 saturated carbocycles. The highest BCUT2D eigenvalue weighted by Gasteiger charge is 2.39. The van der Waals surface area contributed by atoms with Crippen molar-refractivity contribution in [2.24, 2.45) is 0 Å². The summed E-state index contributed by atoms with van der Waals surface area (Å²) >= 11 is 3.35. The Morgan fingerprint density at radius 2 is 2.56 bits per heavy atom. The quantitative estimate of drug-likeness (QED) is 0.613. The normalized spacial score (nSPS) is 47.8. The monoisotopic (exact) mass is 190 g/mol. The molecule has 9 heavy (non-hydrogen) atoms. The summed E-state index contributed by atoms with van der Waals surface area (Å²) in [6.45, 7) is 0. The molecule has 2 heterocycles. The van der Waals surface area contributed by atoms with Crippen molar-refractivity contribution in [3.63, 3.8) is 0 Å². The average Bonchev–Trinajstić information content (AvgIpc) is 2.24. The van der Waals surface area contributed by atoms with Crippen molar-refractivity contribution in [2.45, 2.75) is 24.7 Å². The number of ether oxygens (including phenoxy) is 1. The van der Waals surface area contributed by atoms with Crippen LogP contribution in [0.25, 0.3) is 0 Å². The number of hydrogen-bond acceptors (Lipinski definition) is 2. The van der Waals surface area contributed by atoms with Crippen LogP contribution in [0.3, 0.4) is 0 Å². The van der Waals surface area contributed by atoms with Gasteiger partial charge in [-0.2, -0.15) is 0 Å². The largest absolute Gasteiger partial charge is 0.390 e. The molecule has 2 aliphatic heterocycles. The van der Waals surface area contributed by atoms with Gasteiger partial charge in [-0.1, -0.05) is 15.9 Å². The van der Waals surface area contributed by atoms with Crippen LogP contribution in [0.4, 0.5) is 0 Å². The Morgan fingerprint density at radius 1 is 1.78 bits per heavy atom. The van der Waals surface area contributed by atoms with Crippen molar-refractivity contribution in [3.8, 4) is 0 Å². The summed E-state index contributed by atoms with van der Waals surface area (Å²) in [6, 6.07) is 0. The van der Waals surface area contributed by atoms with Gasteiger partial charge in [-0.15, -0.1) is 0 Å². The fourth-order valence-electron chi connectivity index (χ4n) is 1.28. The van der Waals surface area contributed by atoms with Crippen LogP contribution in [0.2, 0.25) is 0 Å². The third kappa shape index (κ3) is 0.757. The number of rotatable bonds is 0. The zero-order valence-electron chi connectivity index (χ0n) is 4.75. The first-order valence-electron chi connectivity index (χ1n) is 2.98. The molecular weight excluding hydrogens is 184 g/mol. The van der Waals surface area contributed by atoms with Gasteiger partial charge in [-0.25, -0.2) is 0 Å². The Bertz CT molecular complexity index is 166. The van der Waals surface area contributed by atoms with E-state index >= 15 is 0 Å². The molecule has 0 spiro atoms. The minimum atomic E-state index is -0.267. The van der Waals surface area contributed by atoms with E-state index in [1.807, 2.05) is 6.08 Å². The van der Waals surface area contributed by atoms with E-state index in [-0.39, 0.29) is 18.3 Å². The van der Waals surface area contributed by atoms with E-state index in [4.69, 9.17) is 9.84 Å². The lowest BCUT2D eigenvalue weighted by atomic mass is 10.1. The van der Waals surface area contributed by atoms with Gasteiger partial charge in [0.15, 0.2) is 0 Å². The molecule has 0 aliphatic carbocycles. The van der Waals surface area contributed by atoms with Crippen LogP contribution < -0.4 is 0 Å². The van der Waals surface area contributed by atoms with Crippen LogP contribution in [0, 0.1) is 0 Å². The first-order valence-corrected chi connectivity index (χ1v) is 3.77. The molecule has 3 heteroatoms. The van der Waals surface area contributed by atoms with Crippen LogP contribution in [0.15, 0.2) is 10.6 Å². The van der Waals surface area contributed by atoms with E-state index in [0.717, 1.165) is 10.9 Å². The second kappa shape index (κ2) is 1.81. The van der Waals surface area contributed by atoms with Crippen molar-refractivity contribution in [3.05, 3.63) is 10.6 Å². The number of fused-ring (bicyclic) bond motifs is 2. The number of aliphatic hydroxyl groups is 1. The molecule has 0 amide bonds. The van der Waals surface area contributed by atoms with Gasteiger partial charge in [-0.3, -0.25) is 0 Å². The summed E-state index contributed by atoms with van der Waals surface area (Å²) in [7, 11) is 0. The smallest absolute Gasteiger partial charge is 0.104 e. The molecule has 3 atom stereocenters. The van der Waals surface area contributed by atoms with Gasteiger partial charge in [0.05, 0.1) is 12.2 Å². The maximum absolute atomic E-state index is 9.15. The SMILES string of the molecule is OC1CC2OC1C=C2Br. The fourth-order valence-corrected chi connectivity index (χ4v) is 1.84. The lowest BCUT2D eigenvalue weighted by Crippen LogP contribution is -2.18. The summed E-state index contributed by atoms with van der Waals surface area (Å²) in [5.74, 6) is 0. The molecule has 1 saturated heterocycles. The van der Waals surface area contributed by atoms with Gasteiger partial charge >= 0.3 is 0 Å². The summed E-state index contributed by atoms with van der Waals surface area (Å²) in [6.07, 6.45) is 2.52. The van der Waals surface area contributed by atoms with E-state index < -0.39 is 0 Å². The molecule has 1 N–H and O–H groups in total. The highest BCUT2D eigenvalue weighted by atomic mass is 79.9. The molecule has 50 valence electrons. The Morgan fingerprint density at radius 3 is 2.89 bits per heavy atom. The van der Waals surface area contributed by atoms with Crippen molar-refractivity contribution in [2.75, 3.05) is 0 Å². The molecule has 1 fully saturated rings. The van der Waals surface area contributed by atoms with E-state index in [2.05, 4.69) is 15.9 Å². The third-order valence-corrected chi connectivity index (χ3v) is 2.56. The maximum Gasteiger partial charge on any atom is 0.104 e. The number of hydrogen-bond donors (Lipinski definition) is 1. The second-order valence-electron chi connectivity index (χ2n) is 2.44. The topological polar surface area (TPSA) is 29.5 Å². The van der Waals surface area contributed by atoms with Crippen molar-refractivity contribution >= 4 is 15.9 Å². The van der Waals surface area contributed by atoms with Crippen LogP contribution >= 0.6 is 15.9 Å². The fraction of sp³-hybridized carbons (Fsp3) is 0.667. The summed E-state index contributed by atoms with van der Waals surface area (Å²) in [4.78, 5) is 0. The lowest BCUT2D eigenvalue weighted by Gasteiger charge is -2.07. The predicted molar refractivity (Wildman–Crippen MR) is 36.3 cm³/mol. The summed E-state index contributed by atoms with van der Waals surface area (Å²) < 4.78 is 6.40. The molecule has 0 aromatic rings. The van der Waals surface area contributed by atoms with Gasteiger partial charge in [0, 0.05) is 10.9 Å². The highest BCUT2D eigenvalue weighted by molar-refractivity contribution is 9.11. The molecular formula is C6H7BrO2. The molecule has 2 rings (SSSR count). The van der Waals surface area contributed by atoms with Gasteiger partial charge in [0.25, 0.3) is 0 Å². The number of halogens is 1. The maximum atomic E-state index is 9.15. The first kappa shape index (κ1) is 5.89. The summed E-state index contributed by atoms with van der Waals surface area (Å²) in [5, 5.41) is 9.15. The van der Waals surface area contributed by atoms with E-state index in [1.165, 1.54) is 0 Å². The van der Waals surface area contributed by atoms with Crippen LogP contribution in [-0.2, 0) is 4.74 Å². The molecule has 0 aromatic heterocycles. The highest BCUT2D eigenvalue weighted by Crippen LogP contribution is 2.36. The zero-order chi connectivity index (χ0) is 6.43. The average molecular weight is 191 g/mol. The van der Waals surface area contributed by atoms with E-state index in [9.17, 15) is 0 Å². The van der Waals surface area contributed by atoms with E-state index in [1.54, 1.807) is 0 Å². The zero-order valence-corrected chi connectivity index (χ0v) is 6.34. The van der Waals surface area contributed by atoms with Gasteiger partial charge in [0.2, 0.25) is 0 Å². The Hall–Kier alpha value is 0.140.